The Bertz CT molecular complexity index is 1640. The van der Waals surface area contributed by atoms with E-state index in [0.29, 0.717) is 39.3 Å². The molecule has 1 spiro atoms. The van der Waals surface area contributed by atoms with Gasteiger partial charge >= 0.3 is 11.9 Å². The van der Waals surface area contributed by atoms with Crippen LogP contribution >= 0.6 is 0 Å². The summed E-state index contributed by atoms with van der Waals surface area (Å²) in [4.78, 5) is 26.1. The van der Waals surface area contributed by atoms with E-state index >= 15 is 0 Å². The third-order valence-corrected chi connectivity index (χ3v) is 11.4. The third-order valence-electron chi connectivity index (χ3n) is 11.4. The van der Waals surface area contributed by atoms with Crippen LogP contribution in [0.3, 0.4) is 0 Å². The first-order chi connectivity index (χ1) is 26.9. The Morgan fingerprint density at radius 3 is 1.08 bits per heavy atom. The van der Waals surface area contributed by atoms with Gasteiger partial charge in [-0.05, 0) is 68.9 Å². The minimum atomic E-state index is -0.609. The highest BCUT2D eigenvalue weighted by Gasteiger charge is 2.48. The number of aryl methyl sites for hydroxylation is 2. The number of benzene rings is 2. The second-order valence-electron chi connectivity index (χ2n) is 22.7. The molecule has 2 aliphatic heterocycles. The lowest BCUT2D eigenvalue weighted by Gasteiger charge is -2.48. The second-order valence-corrected chi connectivity index (χ2v) is 22.7. The number of hydrogen-bond donors (Lipinski definition) is 2. The topological polar surface area (TPSA) is 130 Å². The molecule has 2 aromatic carbocycles. The van der Waals surface area contributed by atoms with Crippen LogP contribution in [0.25, 0.3) is 0 Å². The van der Waals surface area contributed by atoms with Crippen molar-refractivity contribution in [3.05, 3.63) is 57.6 Å². The molecular formula is C49H76O10. The molecule has 0 bridgehead atoms. The number of carbonyl (C=O) groups excluding carboxylic acids is 2. The van der Waals surface area contributed by atoms with Crippen molar-refractivity contribution >= 4 is 11.9 Å². The summed E-state index contributed by atoms with van der Waals surface area (Å²) in [5, 5.41) is 21.6. The average Bonchev–Trinajstić information content (AvgIpc) is 3.10. The van der Waals surface area contributed by atoms with Gasteiger partial charge in [0.2, 0.25) is 0 Å². The Kier molecular flexibility index (Phi) is 14.5. The molecule has 332 valence electrons. The predicted octanol–water partition coefficient (Wildman–Crippen LogP) is 9.72. The molecule has 0 aromatic heterocycles. The van der Waals surface area contributed by atoms with E-state index in [1.807, 2.05) is 39.8 Å². The van der Waals surface area contributed by atoms with E-state index < -0.39 is 28.8 Å². The summed E-state index contributed by atoms with van der Waals surface area (Å²) in [5.74, 6) is -0.0416. The lowest BCUT2D eigenvalue weighted by molar-refractivity contribution is -0.337. The fraction of sp³-hybridized carbons (Fsp3) is 0.714. The highest BCUT2D eigenvalue weighted by atomic mass is 16.7. The molecule has 2 saturated heterocycles. The van der Waals surface area contributed by atoms with Gasteiger partial charge in [0.15, 0.2) is 12.6 Å². The fourth-order valence-corrected chi connectivity index (χ4v) is 8.46. The van der Waals surface area contributed by atoms with Crippen molar-refractivity contribution < 1.29 is 48.2 Å². The summed E-state index contributed by atoms with van der Waals surface area (Å²) in [6.45, 7) is 34.9. The van der Waals surface area contributed by atoms with Crippen LogP contribution in [-0.4, -0.2) is 74.4 Å². The van der Waals surface area contributed by atoms with Gasteiger partial charge in [-0.25, -0.2) is 0 Å². The molecule has 0 atom stereocenters. The van der Waals surface area contributed by atoms with Crippen LogP contribution in [-0.2, 0) is 72.5 Å². The van der Waals surface area contributed by atoms with Crippen LogP contribution < -0.4 is 0 Å². The summed E-state index contributed by atoms with van der Waals surface area (Å²) >= 11 is 0. The van der Waals surface area contributed by atoms with Crippen molar-refractivity contribution in [3.63, 3.8) is 0 Å². The van der Waals surface area contributed by atoms with Crippen LogP contribution in [0.15, 0.2) is 24.3 Å². The van der Waals surface area contributed by atoms with Crippen molar-refractivity contribution in [3.8, 4) is 11.5 Å². The summed E-state index contributed by atoms with van der Waals surface area (Å²) < 4.78 is 36.6. The van der Waals surface area contributed by atoms with Gasteiger partial charge in [-0.2, -0.15) is 0 Å². The van der Waals surface area contributed by atoms with Crippen LogP contribution in [0.1, 0.15) is 157 Å². The smallest absolute Gasteiger partial charge is 0.306 e. The SMILES string of the molecule is CC(C)(C)c1c(O)ccc(CCC(=O)OCC(C)(C)C2OCC3(CO2)COC(C(C)(C)COC(=O)CCc2ccc(O)c(C(C)(C)C)c2C(C)(C)C)OC3)c1C(C)(C)C. The average molecular weight is 825 g/mol. The van der Waals surface area contributed by atoms with Gasteiger partial charge in [0, 0.05) is 34.8 Å². The number of carbonyl (C=O) groups is 2. The zero-order valence-corrected chi connectivity index (χ0v) is 39.2. The van der Waals surface area contributed by atoms with Gasteiger partial charge in [0.1, 0.15) is 24.7 Å². The highest BCUT2D eigenvalue weighted by molar-refractivity contribution is 5.70. The number of esters is 2. The highest BCUT2D eigenvalue weighted by Crippen LogP contribution is 2.44. The van der Waals surface area contributed by atoms with Gasteiger partial charge in [-0.15, -0.1) is 0 Å². The van der Waals surface area contributed by atoms with Crippen molar-refractivity contribution in [2.24, 2.45) is 16.2 Å². The molecule has 2 fully saturated rings. The van der Waals surface area contributed by atoms with Gasteiger partial charge in [0.05, 0.1) is 31.8 Å². The van der Waals surface area contributed by atoms with E-state index in [9.17, 15) is 19.8 Å². The fourth-order valence-electron chi connectivity index (χ4n) is 8.46. The molecular weight excluding hydrogens is 749 g/mol. The number of hydrogen-bond acceptors (Lipinski definition) is 10. The molecule has 10 nitrogen and oxygen atoms in total. The number of aromatic hydroxyl groups is 2. The van der Waals surface area contributed by atoms with E-state index in [4.69, 9.17) is 28.4 Å². The third kappa shape index (κ3) is 12.0. The largest absolute Gasteiger partial charge is 0.508 e. The Morgan fingerprint density at radius 1 is 0.525 bits per heavy atom. The maximum atomic E-state index is 13.1. The molecule has 0 aliphatic carbocycles. The molecule has 10 heteroatoms. The minimum Gasteiger partial charge on any atom is -0.508 e. The summed E-state index contributed by atoms with van der Waals surface area (Å²) in [6, 6.07) is 7.31. The van der Waals surface area contributed by atoms with Crippen LogP contribution in [0, 0.1) is 16.2 Å². The van der Waals surface area contributed by atoms with Gasteiger partial charge in [-0.1, -0.05) is 123 Å². The molecule has 0 saturated carbocycles. The maximum absolute atomic E-state index is 13.1. The van der Waals surface area contributed by atoms with E-state index in [0.717, 1.165) is 33.4 Å². The first-order valence-corrected chi connectivity index (χ1v) is 21.4. The predicted molar refractivity (Wildman–Crippen MR) is 231 cm³/mol. The van der Waals surface area contributed by atoms with E-state index in [1.54, 1.807) is 12.1 Å². The molecule has 2 heterocycles. The van der Waals surface area contributed by atoms with E-state index in [-0.39, 0.29) is 71.2 Å². The van der Waals surface area contributed by atoms with Crippen molar-refractivity contribution in [2.45, 2.75) is 171 Å². The molecule has 4 rings (SSSR count). The van der Waals surface area contributed by atoms with Gasteiger partial charge in [-0.3, -0.25) is 9.59 Å². The van der Waals surface area contributed by atoms with Crippen LogP contribution in [0.5, 0.6) is 11.5 Å². The lowest BCUT2D eigenvalue weighted by Crippen LogP contribution is -2.57. The zero-order valence-electron chi connectivity index (χ0n) is 39.2. The Hall–Kier alpha value is -3.18. The standard InChI is InChI=1S/C49H76O10/c1-43(2,3)37-31(17-21-33(50)39(37)45(7,8)9)19-23-35(52)54-25-47(13,14)41-56-27-49(28-57-41)29-58-42(59-30-49)48(15,16)26-55-36(53)24-20-32-18-22-34(51)40(46(10,11)12)38(32)44(4,5)6/h17-18,21-22,41-42,50-51H,19-20,23-30H2,1-16H3. The van der Waals surface area contributed by atoms with Crippen molar-refractivity contribution in [1.29, 1.82) is 0 Å². The summed E-state index contributed by atoms with van der Waals surface area (Å²) in [7, 11) is 0. The molecule has 2 N–H and O–H groups in total. The first kappa shape index (κ1) is 48.5. The summed E-state index contributed by atoms with van der Waals surface area (Å²) in [6.07, 6.45) is 0.262. The number of ether oxygens (including phenoxy) is 6. The lowest BCUT2D eigenvalue weighted by atomic mass is 9.72. The van der Waals surface area contributed by atoms with Crippen LogP contribution in [0.2, 0.25) is 0 Å². The molecule has 0 radical (unpaired) electrons. The number of rotatable bonds is 12. The molecule has 0 amide bonds. The maximum Gasteiger partial charge on any atom is 0.306 e. The Balaban J connectivity index is 1.24. The Morgan fingerprint density at radius 2 is 0.814 bits per heavy atom. The van der Waals surface area contributed by atoms with Crippen molar-refractivity contribution in [1.82, 2.24) is 0 Å². The van der Waals surface area contributed by atoms with Gasteiger partial charge in [0.25, 0.3) is 0 Å². The van der Waals surface area contributed by atoms with E-state index in [2.05, 4.69) is 83.1 Å². The second kappa shape index (κ2) is 17.7. The van der Waals surface area contributed by atoms with Crippen LogP contribution in [0.4, 0.5) is 0 Å². The number of phenols is 2. The minimum absolute atomic E-state index is 0.130. The first-order valence-electron chi connectivity index (χ1n) is 21.4. The quantitative estimate of drug-likeness (QED) is 0.200. The molecule has 0 unspecified atom stereocenters. The number of phenolic OH excluding ortho intramolecular Hbond substituents is 2. The molecule has 59 heavy (non-hydrogen) atoms. The Labute approximate surface area is 355 Å². The molecule has 2 aromatic rings. The summed E-state index contributed by atoms with van der Waals surface area (Å²) in [5.41, 5.74) is 3.38. The van der Waals surface area contributed by atoms with Gasteiger partial charge < -0.3 is 38.6 Å². The van der Waals surface area contributed by atoms with Crippen molar-refractivity contribution in [2.75, 3.05) is 39.6 Å². The molecule has 2 aliphatic rings. The van der Waals surface area contributed by atoms with E-state index in [1.165, 1.54) is 0 Å². The normalized spacial score (nSPS) is 21.1. The monoisotopic (exact) mass is 825 g/mol. The zero-order chi connectivity index (χ0) is 44.6.